The van der Waals surface area contributed by atoms with Crippen LogP contribution in [0.2, 0.25) is 0 Å². The van der Waals surface area contributed by atoms with Crippen molar-refractivity contribution in [3.63, 3.8) is 0 Å². The lowest BCUT2D eigenvalue weighted by Crippen LogP contribution is -2.22. The minimum atomic E-state index is -0.675. The van der Waals surface area contributed by atoms with Gasteiger partial charge in [0.2, 0.25) is 0 Å². The minimum Gasteiger partial charge on any atom is -0.490 e. The molecule has 0 aromatic heterocycles. The van der Waals surface area contributed by atoms with Crippen molar-refractivity contribution in [1.82, 2.24) is 0 Å². The van der Waals surface area contributed by atoms with Gasteiger partial charge in [0.1, 0.15) is 0 Å². The topological polar surface area (TPSA) is 81.6 Å². The number of nitrogens with two attached hydrogens (primary N) is 1. The van der Waals surface area contributed by atoms with Crippen LogP contribution in [0.15, 0.2) is 12.1 Å². The Hall–Kier alpha value is -1.89. The van der Waals surface area contributed by atoms with Gasteiger partial charge in [-0.1, -0.05) is 0 Å². The molecule has 100 valence electrons. The van der Waals surface area contributed by atoms with Crippen LogP contribution in [0.3, 0.4) is 0 Å². The molecule has 0 aliphatic heterocycles. The number of nitro benzene ring substituents is 1. The Balaban J connectivity index is 3.10. The fourth-order valence-corrected chi connectivity index (χ4v) is 1.58. The quantitative estimate of drug-likeness (QED) is 0.617. The van der Waals surface area contributed by atoms with E-state index in [0.717, 1.165) is 6.07 Å². The average Bonchev–Trinajstić information content (AvgIpc) is 2.35. The molecule has 0 aliphatic rings. The Labute approximate surface area is 104 Å². The third-order valence-corrected chi connectivity index (χ3v) is 2.55. The van der Waals surface area contributed by atoms with Gasteiger partial charge in [0.25, 0.3) is 0 Å². The molecule has 1 rings (SSSR count). The molecule has 0 spiro atoms. The van der Waals surface area contributed by atoms with Crippen LogP contribution < -0.4 is 15.4 Å². The van der Waals surface area contributed by atoms with Crippen molar-refractivity contribution in [3.8, 4) is 5.75 Å². The van der Waals surface area contributed by atoms with Crippen molar-refractivity contribution in [2.24, 2.45) is 5.73 Å². The fourth-order valence-electron chi connectivity index (χ4n) is 1.58. The molecule has 0 fully saturated rings. The van der Waals surface area contributed by atoms with Crippen molar-refractivity contribution in [1.29, 1.82) is 0 Å². The van der Waals surface area contributed by atoms with Gasteiger partial charge in [0.05, 0.1) is 23.8 Å². The minimum absolute atomic E-state index is 0.0380. The third kappa shape index (κ3) is 3.07. The third-order valence-electron chi connectivity index (χ3n) is 2.55. The summed E-state index contributed by atoms with van der Waals surface area (Å²) in [6.45, 7) is 1.06. The van der Waals surface area contributed by atoms with E-state index < -0.39 is 10.7 Å². The Kier molecular flexibility index (Phi) is 4.85. The van der Waals surface area contributed by atoms with Crippen LogP contribution in [-0.4, -0.2) is 32.2 Å². The Bertz CT molecular complexity index is 440. The highest BCUT2D eigenvalue weighted by atomic mass is 19.1. The molecule has 0 saturated heterocycles. The number of nitro groups is 1. The first-order valence-electron chi connectivity index (χ1n) is 5.44. The SMILES string of the molecule is COc1cc(N(C)CCCN)c(F)cc1[N+](=O)[O-]. The van der Waals surface area contributed by atoms with E-state index in [-0.39, 0.29) is 17.1 Å². The van der Waals surface area contributed by atoms with Gasteiger partial charge in [-0.25, -0.2) is 4.39 Å². The lowest BCUT2D eigenvalue weighted by molar-refractivity contribution is -0.385. The molecular weight excluding hydrogens is 241 g/mol. The van der Waals surface area contributed by atoms with E-state index >= 15 is 0 Å². The zero-order chi connectivity index (χ0) is 13.7. The summed E-state index contributed by atoms with van der Waals surface area (Å²) < 4.78 is 18.7. The van der Waals surface area contributed by atoms with Gasteiger partial charge in [-0.15, -0.1) is 0 Å². The molecule has 0 unspecified atom stereocenters. The van der Waals surface area contributed by atoms with E-state index in [9.17, 15) is 14.5 Å². The molecule has 0 heterocycles. The maximum Gasteiger partial charge on any atom is 0.313 e. The number of benzene rings is 1. The molecule has 1 aromatic rings. The van der Waals surface area contributed by atoms with E-state index in [2.05, 4.69) is 0 Å². The summed E-state index contributed by atoms with van der Waals surface area (Å²) >= 11 is 0. The molecular formula is C11H16FN3O3. The largest absolute Gasteiger partial charge is 0.490 e. The smallest absolute Gasteiger partial charge is 0.313 e. The van der Waals surface area contributed by atoms with Crippen molar-refractivity contribution < 1.29 is 14.1 Å². The molecule has 2 N–H and O–H groups in total. The van der Waals surface area contributed by atoms with Crippen LogP contribution in [0.1, 0.15) is 6.42 Å². The number of methoxy groups -OCH3 is 1. The van der Waals surface area contributed by atoms with Gasteiger partial charge < -0.3 is 15.4 Å². The standard InChI is InChI=1S/C11H16FN3O3/c1-14(5-3-4-13)9-7-11(18-2)10(15(16)17)6-8(9)12/h6-7H,3-5,13H2,1-2H3. The van der Waals surface area contributed by atoms with Crippen molar-refractivity contribution in [2.75, 3.05) is 32.1 Å². The van der Waals surface area contributed by atoms with Crippen LogP contribution in [0.25, 0.3) is 0 Å². The summed E-state index contributed by atoms with van der Waals surface area (Å²) in [6, 6.07) is 2.19. The predicted molar refractivity (Wildman–Crippen MR) is 66.5 cm³/mol. The summed E-state index contributed by atoms with van der Waals surface area (Å²) in [6.07, 6.45) is 0.704. The van der Waals surface area contributed by atoms with Gasteiger partial charge in [-0.3, -0.25) is 10.1 Å². The number of rotatable bonds is 6. The molecule has 7 heteroatoms. The van der Waals surface area contributed by atoms with Crippen molar-refractivity contribution in [3.05, 3.63) is 28.1 Å². The van der Waals surface area contributed by atoms with Crippen LogP contribution in [0.4, 0.5) is 15.8 Å². The molecule has 6 nitrogen and oxygen atoms in total. The number of hydrogen-bond donors (Lipinski definition) is 1. The number of halogens is 1. The van der Waals surface area contributed by atoms with Gasteiger partial charge >= 0.3 is 5.69 Å². The van der Waals surface area contributed by atoms with E-state index in [4.69, 9.17) is 10.5 Å². The second-order valence-corrected chi connectivity index (χ2v) is 3.80. The molecule has 1 aromatic carbocycles. The lowest BCUT2D eigenvalue weighted by Gasteiger charge is -2.20. The number of nitrogens with zero attached hydrogens (tertiary/aromatic N) is 2. The van der Waals surface area contributed by atoms with Gasteiger partial charge in [-0.05, 0) is 13.0 Å². The summed E-state index contributed by atoms with van der Waals surface area (Å²) in [5.41, 5.74) is 5.25. The lowest BCUT2D eigenvalue weighted by atomic mass is 10.2. The molecule has 0 amide bonds. The first-order chi connectivity index (χ1) is 8.51. The highest BCUT2D eigenvalue weighted by Gasteiger charge is 2.20. The van der Waals surface area contributed by atoms with Crippen LogP contribution >= 0.6 is 0 Å². The molecule has 0 atom stereocenters. The number of hydrogen-bond acceptors (Lipinski definition) is 5. The van der Waals surface area contributed by atoms with E-state index in [1.54, 1.807) is 11.9 Å². The Morgan fingerprint density at radius 1 is 1.56 bits per heavy atom. The monoisotopic (exact) mass is 257 g/mol. The summed E-state index contributed by atoms with van der Waals surface area (Å²) in [5.74, 6) is -0.613. The average molecular weight is 257 g/mol. The zero-order valence-corrected chi connectivity index (χ0v) is 10.4. The van der Waals surface area contributed by atoms with Gasteiger partial charge in [-0.2, -0.15) is 0 Å². The highest BCUT2D eigenvalue weighted by Crippen LogP contribution is 2.33. The second-order valence-electron chi connectivity index (χ2n) is 3.80. The van der Waals surface area contributed by atoms with Crippen LogP contribution in [0, 0.1) is 15.9 Å². The van der Waals surface area contributed by atoms with Gasteiger partial charge in [0, 0.05) is 19.7 Å². The van der Waals surface area contributed by atoms with Crippen molar-refractivity contribution in [2.45, 2.75) is 6.42 Å². The summed E-state index contributed by atoms with van der Waals surface area (Å²) in [7, 11) is 3.00. The fraction of sp³-hybridized carbons (Fsp3) is 0.455. The molecule has 0 bridgehead atoms. The predicted octanol–water partition coefficient (Wildman–Crippen LogP) is 1.53. The number of ether oxygens (including phenoxy) is 1. The molecule has 0 saturated carbocycles. The van der Waals surface area contributed by atoms with E-state index in [1.165, 1.54) is 13.2 Å². The normalized spacial score (nSPS) is 10.2. The molecule has 18 heavy (non-hydrogen) atoms. The highest BCUT2D eigenvalue weighted by molar-refractivity contribution is 5.60. The first kappa shape index (κ1) is 14.2. The van der Waals surface area contributed by atoms with Crippen LogP contribution in [-0.2, 0) is 0 Å². The molecule has 0 aliphatic carbocycles. The summed E-state index contributed by atoms with van der Waals surface area (Å²) in [4.78, 5) is 11.7. The number of anilines is 1. The zero-order valence-electron chi connectivity index (χ0n) is 10.4. The maximum absolute atomic E-state index is 13.8. The second kappa shape index (κ2) is 6.15. The maximum atomic E-state index is 13.8. The summed E-state index contributed by atoms with van der Waals surface area (Å²) in [5, 5.41) is 10.7. The van der Waals surface area contributed by atoms with Gasteiger partial charge in [0.15, 0.2) is 11.6 Å². The van der Waals surface area contributed by atoms with E-state index in [1.807, 2.05) is 0 Å². The van der Waals surface area contributed by atoms with Crippen LogP contribution in [0.5, 0.6) is 5.75 Å². The molecule has 0 radical (unpaired) electrons. The van der Waals surface area contributed by atoms with Crippen molar-refractivity contribution >= 4 is 11.4 Å². The Morgan fingerprint density at radius 3 is 2.72 bits per heavy atom. The Morgan fingerprint density at radius 2 is 2.22 bits per heavy atom. The first-order valence-corrected chi connectivity index (χ1v) is 5.44. The van der Waals surface area contributed by atoms with E-state index in [0.29, 0.717) is 19.5 Å².